The van der Waals surface area contributed by atoms with Gasteiger partial charge in [-0.15, -0.1) is 11.3 Å². The number of hydrazone groups is 1. The molecule has 0 aliphatic rings. The fourth-order valence-electron chi connectivity index (χ4n) is 2.12. The standard InChI is InChI=1S/C17H13BrN4O2S/c1-11(13-3-2-4-15(9-13)22(23)24)20-21-17-19-16(10-25-17)12-5-7-14(18)8-6-12/h2-10H,1H3,(H,19,21). The van der Waals surface area contributed by atoms with Crippen molar-refractivity contribution in [2.24, 2.45) is 5.10 Å². The van der Waals surface area contributed by atoms with Gasteiger partial charge in [0.2, 0.25) is 5.13 Å². The zero-order valence-corrected chi connectivity index (χ0v) is 15.5. The lowest BCUT2D eigenvalue weighted by atomic mass is 10.1. The fourth-order valence-corrected chi connectivity index (χ4v) is 3.04. The van der Waals surface area contributed by atoms with Crippen LogP contribution in [0, 0.1) is 10.1 Å². The maximum atomic E-state index is 10.9. The summed E-state index contributed by atoms with van der Waals surface area (Å²) in [5, 5.41) is 17.7. The van der Waals surface area contributed by atoms with Crippen molar-refractivity contribution in [1.29, 1.82) is 0 Å². The summed E-state index contributed by atoms with van der Waals surface area (Å²) in [5.41, 5.74) is 6.16. The SMILES string of the molecule is CC(=NNc1nc(-c2ccc(Br)cc2)cs1)c1cccc([N+](=O)[O-])c1. The van der Waals surface area contributed by atoms with E-state index in [1.54, 1.807) is 19.1 Å². The number of benzene rings is 2. The van der Waals surface area contributed by atoms with Crippen molar-refractivity contribution < 1.29 is 4.92 Å². The number of nitro groups is 1. The van der Waals surface area contributed by atoms with Crippen LogP contribution in [0.25, 0.3) is 11.3 Å². The maximum Gasteiger partial charge on any atom is 0.270 e. The molecule has 0 aliphatic heterocycles. The predicted octanol–water partition coefficient (Wildman–Crippen LogP) is 5.32. The van der Waals surface area contributed by atoms with Gasteiger partial charge >= 0.3 is 0 Å². The van der Waals surface area contributed by atoms with Gasteiger partial charge in [0, 0.05) is 33.1 Å². The summed E-state index contributed by atoms with van der Waals surface area (Å²) in [5.74, 6) is 0. The topological polar surface area (TPSA) is 80.4 Å². The zero-order valence-electron chi connectivity index (χ0n) is 13.1. The molecule has 2 aromatic carbocycles. The van der Waals surface area contributed by atoms with Crippen LogP contribution in [0.1, 0.15) is 12.5 Å². The third-order valence-electron chi connectivity index (χ3n) is 3.44. The van der Waals surface area contributed by atoms with E-state index in [2.05, 4.69) is 31.4 Å². The molecule has 0 bridgehead atoms. The first-order valence-corrected chi connectivity index (χ1v) is 8.97. The second-order valence-corrected chi connectivity index (χ2v) is 6.94. The molecule has 0 unspecified atom stereocenters. The van der Waals surface area contributed by atoms with Crippen LogP contribution < -0.4 is 5.43 Å². The first kappa shape index (κ1) is 17.2. The van der Waals surface area contributed by atoms with Gasteiger partial charge in [0.25, 0.3) is 5.69 Å². The Bertz CT molecular complexity index is 938. The minimum absolute atomic E-state index is 0.0406. The molecule has 0 atom stereocenters. The minimum Gasteiger partial charge on any atom is -0.258 e. The average Bonchev–Trinajstić information content (AvgIpc) is 3.09. The minimum atomic E-state index is -0.421. The third kappa shape index (κ3) is 4.28. The molecule has 0 fully saturated rings. The summed E-state index contributed by atoms with van der Waals surface area (Å²) < 4.78 is 1.02. The number of anilines is 1. The summed E-state index contributed by atoms with van der Waals surface area (Å²) in [6.45, 7) is 1.79. The molecule has 126 valence electrons. The van der Waals surface area contributed by atoms with Crippen LogP contribution in [0.15, 0.2) is 63.5 Å². The molecule has 0 saturated heterocycles. The third-order valence-corrected chi connectivity index (χ3v) is 4.71. The summed E-state index contributed by atoms with van der Waals surface area (Å²) >= 11 is 4.85. The van der Waals surface area contributed by atoms with Crippen molar-refractivity contribution in [3.63, 3.8) is 0 Å². The number of nitrogens with zero attached hydrogens (tertiary/aromatic N) is 3. The molecule has 3 aromatic rings. The Hall–Kier alpha value is -2.58. The second kappa shape index (κ2) is 7.54. The molecule has 1 N–H and O–H groups in total. The zero-order chi connectivity index (χ0) is 17.8. The molecule has 0 saturated carbocycles. The Labute approximate surface area is 156 Å². The number of halogens is 1. The average molecular weight is 417 g/mol. The molecule has 0 amide bonds. The van der Waals surface area contributed by atoms with E-state index in [0.29, 0.717) is 16.4 Å². The van der Waals surface area contributed by atoms with Crippen molar-refractivity contribution in [3.8, 4) is 11.3 Å². The van der Waals surface area contributed by atoms with Crippen LogP contribution in [0.4, 0.5) is 10.8 Å². The molecular weight excluding hydrogens is 404 g/mol. The largest absolute Gasteiger partial charge is 0.270 e. The quantitative estimate of drug-likeness (QED) is 0.346. The Kier molecular flexibility index (Phi) is 5.20. The fraction of sp³-hybridized carbons (Fsp3) is 0.0588. The van der Waals surface area contributed by atoms with Gasteiger partial charge in [-0.1, -0.05) is 40.2 Å². The van der Waals surface area contributed by atoms with Crippen LogP contribution in [0.3, 0.4) is 0 Å². The van der Waals surface area contributed by atoms with Crippen LogP contribution in [0.2, 0.25) is 0 Å². The molecule has 0 aliphatic carbocycles. The summed E-state index contributed by atoms with van der Waals surface area (Å²) in [6.07, 6.45) is 0. The van der Waals surface area contributed by atoms with Gasteiger partial charge in [-0.3, -0.25) is 15.5 Å². The lowest BCUT2D eigenvalue weighted by Crippen LogP contribution is -2.00. The Morgan fingerprint density at radius 1 is 1.28 bits per heavy atom. The van der Waals surface area contributed by atoms with E-state index >= 15 is 0 Å². The molecule has 8 heteroatoms. The van der Waals surface area contributed by atoms with Crippen LogP contribution in [-0.2, 0) is 0 Å². The highest BCUT2D eigenvalue weighted by Gasteiger charge is 2.08. The lowest BCUT2D eigenvalue weighted by molar-refractivity contribution is -0.384. The van der Waals surface area contributed by atoms with Crippen LogP contribution in [0.5, 0.6) is 0 Å². The van der Waals surface area contributed by atoms with E-state index in [9.17, 15) is 10.1 Å². The van der Waals surface area contributed by atoms with Crippen LogP contribution >= 0.6 is 27.3 Å². The van der Waals surface area contributed by atoms with Crippen molar-refractivity contribution in [3.05, 3.63) is 74.1 Å². The van der Waals surface area contributed by atoms with Crippen LogP contribution in [-0.4, -0.2) is 15.6 Å². The predicted molar refractivity (Wildman–Crippen MR) is 104 cm³/mol. The molecule has 1 heterocycles. The van der Waals surface area contributed by atoms with E-state index in [4.69, 9.17) is 0 Å². The van der Waals surface area contributed by atoms with Gasteiger partial charge in [0.05, 0.1) is 16.3 Å². The lowest BCUT2D eigenvalue weighted by Gasteiger charge is -2.01. The van der Waals surface area contributed by atoms with Gasteiger partial charge < -0.3 is 0 Å². The van der Waals surface area contributed by atoms with Crippen molar-refractivity contribution in [2.45, 2.75) is 6.92 Å². The highest BCUT2D eigenvalue weighted by molar-refractivity contribution is 9.10. The molecular formula is C17H13BrN4O2S. The smallest absolute Gasteiger partial charge is 0.258 e. The molecule has 1 aromatic heterocycles. The van der Waals surface area contributed by atoms with E-state index < -0.39 is 4.92 Å². The summed E-state index contributed by atoms with van der Waals surface area (Å²) in [6, 6.07) is 14.3. The number of thiazole rings is 1. The van der Waals surface area contributed by atoms with E-state index in [1.807, 2.05) is 29.6 Å². The van der Waals surface area contributed by atoms with Crippen molar-refractivity contribution in [2.75, 3.05) is 5.43 Å². The first-order chi connectivity index (χ1) is 12.0. The van der Waals surface area contributed by atoms with E-state index in [-0.39, 0.29) is 5.69 Å². The number of nitrogens with one attached hydrogen (secondary N) is 1. The molecule has 25 heavy (non-hydrogen) atoms. The van der Waals surface area contributed by atoms with Gasteiger partial charge in [0.1, 0.15) is 0 Å². The van der Waals surface area contributed by atoms with E-state index in [0.717, 1.165) is 15.7 Å². The Morgan fingerprint density at radius 3 is 2.76 bits per heavy atom. The number of rotatable bonds is 5. The van der Waals surface area contributed by atoms with Gasteiger partial charge in [-0.05, 0) is 19.1 Å². The van der Waals surface area contributed by atoms with Crippen molar-refractivity contribution >= 4 is 43.8 Å². The monoisotopic (exact) mass is 416 g/mol. The molecule has 0 radical (unpaired) electrons. The number of hydrogen-bond donors (Lipinski definition) is 1. The molecule has 0 spiro atoms. The number of non-ortho nitro benzene ring substituents is 1. The highest BCUT2D eigenvalue weighted by atomic mass is 79.9. The Balaban J connectivity index is 1.74. The van der Waals surface area contributed by atoms with Gasteiger partial charge in [-0.2, -0.15) is 5.10 Å². The number of hydrogen-bond acceptors (Lipinski definition) is 6. The number of aromatic nitrogens is 1. The normalized spacial score (nSPS) is 11.4. The maximum absolute atomic E-state index is 10.9. The number of nitro benzene ring substituents is 1. The van der Waals surface area contributed by atoms with Gasteiger partial charge in [-0.25, -0.2) is 4.98 Å². The van der Waals surface area contributed by atoms with Crippen molar-refractivity contribution in [1.82, 2.24) is 4.98 Å². The molecule has 3 rings (SSSR count). The Morgan fingerprint density at radius 2 is 2.04 bits per heavy atom. The molecule has 6 nitrogen and oxygen atoms in total. The highest BCUT2D eigenvalue weighted by Crippen LogP contribution is 2.26. The second-order valence-electron chi connectivity index (χ2n) is 5.16. The van der Waals surface area contributed by atoms with E-state index in [1.165, 1.54) is 23.5 Å². The summed E-state index contributed by atoms with van der Waals surface area (Å²) in [4.78, 5) is 14.9. The van der Waals surface area contributed by atoms with Gasteiger partial charge in [0.15, 0.2) is 0 Å². The first-order valence-electron chi connectivity index (χ1n) is 7.29. The summed E-state index contributed by atoms with van der Waals surface area (Å²) in [7, 11) is 0.